The van der Waals surface area contributed by atoms with Gasteiger partial charge in [0.25, 0.3) is 0 Å². The second kappa shape index (κ2) is 4.32. The average Bonchev–Trinajstić information content (AvgIpc) is 1.86. The van der Waals surface area contributed by atoms with E-state index in [9.17, 15) is 0 Å². The van der Waals surface area contributed by atoms with Crippen LogP contribution in [0.3, 0.4) is 0 Å². The van der Waals surface area contributed by atoms with Crippen LogP contribution >= 0.6 is 0 Å². The first-order valence-corrected chi connectivity index (χ1v) is 7.19. The molecule has 0 atom stereocenters. The molecule has 0 aliphatic carbocycles. The quantitative estimate of drug-likeness (QED) is 0.475. The lowest BCUT2D eigenvalue weighted by Gasteiger charge is -2.28. The molecule has 0 spiro atoms. The highest BCUT2D eigenvalue weighted by atomic mass is 28.3. The van der Waals surface area contributed by atoms with Gasteiger partial charge in [-0.05, 0) is 7.05 Å². The molecule has 0 rings (SSSR count). The fourth-order valence-electron chi connectivity index (χ4n) is 0.537. The van der Waals surface area contributed by atoms with E-state index in [0.29, 0.717) is 0 Å². The highest BCUT2D eigenvalue weighted by molar-refractivity contribution is 6.73. The third-order valence-corrected chi connectivity index (χ3v) is 4.19. The van der Waals surface area contributed by atoms with E-state index in [2.05, 4.69) is 31.3 Å². The number of nitriles is 1. The molecule has 3 heteroatoms. The largest absolute Gasteiger partial charge is 0.323 e. The number of likely N-dealkylation sites (N-methyl/N-ethyl adjacent to an activating group) is 1. The minimum atomic E-state index is -1.14. The van der Waals surface area contributed by atoms with Gasteiger partial charge in [-0.15, -0.1) is 0 Å². The maximum atomic E-state index is 8.24. The minimum absolute atomic E-state index is 0.892. The summed E-state index contributed by atoms with van der Waals surface area (Å²) < 4.78 is 2.32. The molecular formula is C8H16N2Si. The Morgan fingerprint density at radius 2 is 2.00 bits per heavy atom. The van der Waals surface area contributed by atoms with Crippen molar-refractivity contribution in [2.24, 2.45) is 0 Å². The third kappa shape index (κ3) is 4.77. The molecule has 11 heavy (non-hydrogen) atoms. The number of hydrogen-bond donors (Lipinski definition) is 0. The summed E-state index contributed by atoms with van der Waals surface area (Å²) in [7, 11) is 0.967. The number of nitrogens with zero attached hydrogens (tertiary/aromatic N) is 2. The van der Waals surface area contributed by atoms with Crippen molar-refractivity contribution in [1.82, 2.24) is 4.57 Å². The normalized spacial score (nSPS) is 12.4. The highest BCUT2D eigenvalue weighted by Gasteiger charge is 2.17. The van der Waals surface area contributed by atoms with Gasteiger partial charge in [-0.3, -0.25) is 0 Å². The van der Waals surface area contributed by atoms with E-state index in [1.807, 2.05) is 12.1 Å². The topological polar surface area (TPSA) is 27.0 Å². The second-order valence-corrected chi connectivity index (χ2v) is 8.69. The third-order valence-electron chi connectivity index (χ3n) is 1.72. The zero-order valence-corrected chi connectivity index (χ0v) is 8.76. The van der Waals surface area contributed by atoms with Crippen LogP contribution in [0.15, 0.2) is 12.2 Å². The Hall–Kier alpha value is -0.593. The zero-order valence-electron chi connectivity index (χ0n) is 7.76. The van der Waals surface area contributed by atoms with E-state index in [-0.39, 0.29) is 0 Å². The van der Waals surface area contributed by atoms with Crippen molar-refractivity contribution in [3.63, 3.8) is 0 Å². The summed E-state index contributed by atoms with van der Waals surface area (Å²) in [5.41, 5.74) is 0. The van der Waals surface area contributed by atoms with Crippen LogP contribution in [0.2, 0.25) is 19.6 Å². The Kier molecular flexibility index (Phi) is 4.09. The highest BCUT2D eigenvalue weighted by Crippen LogP contribution is 2.05. The molecule has 0 saturated heterocycles. The maximum absolute atomic E-state index is 8.24. The van der Waals surface area contributed by atoms with Gasteiger partial charge in [-0.25, -0.2) is 0 Å². The summed E-state index contributed by atoms with van der Waals surface area (Å²) in [6, 6.07) is 1.98. The summed E-state index contributed by atoms with van der Waals surface area (Å²) in [5.74, 6) is 0. The summed E-state index contributed by atoms with van der Waals surface area (Å²) >= 11 is 0. The van der Waals surface area contributed by atoms with E-state index in [1.165, 1.54) is 6.08 Å². The van der Waals surface area contributed by atoms with Gasteiger partial charge in [0.05, 0.1) is 6.07 Å². The Bertz CT molecular complexity index is 174. The molecule has 0 saturated carbocycles. The van der Waals surface area contributed by atoms with Crippen LogP contribution in [0.25, 0.3) is 0 Å². The molecule has 0 heterocycles. The molecule has 2 nitrogen and oxygen atoms in total. The van der Waals surface area contributed by atoms with Gasteiger partial charge < -0.3 is 4.57 Å². The Balaban J connectivity index is 3.81. The van der Waals surface area contributed by atoms with Crippen molar-refractivity contribution < 1.29 is 0 Å². The van der Waals surface area contributed by atoms with Gasteiger partial charge in [0.15, 0.2) is 0 Å². The lowest BCUT2D eigenvalue weighted by Crippen LogP contribution is -2.42. The van der Waals surface area contributed by atoms with Crippen molar-refractivity contribution in [3.8, 4) is 6.07 Å². The minimum Gasteiger partial charge on any atom is -0.323 e. The first kappa shape index (κ1) is 10.4. The molecular weight excluding hydrogens is 152 g/mol. The molecule has 62 valence electrons. The van der Waals surface area contributed by atoms with E-state index >= 15 is 0 Å². The van der Waals surface area contributed by atoms with Crippen molar-refractivity contribution in [2.45, 2.75) is 19.6 Å². The van der Waals surface area contributed by atoms with Crippen molar-refractivity contribution in [2.75, 3.05) is 13.6 Å². The Morgan fingerprint density at radius 1 is 1.45 bits per heavy atom. The van der Waals surface area contributed by atoms with E-state index in [0.717, 1.165) is 6.54 Å². The molecule has 0 aliphatic rings. The first-order chi connectivity index (χ1) is 4.98. The molecule has 0 aromatic carbocycles. The predicted molar refractivity (Wildman–Crippen MR) is 50.7 cm³/mol. The van der Waals surface area contributed by atoms with Crippen LogP contribution in [0.4, 0.5) is 0 Å². The lowest BCUT2D eigenvalue weighted by atomic mass is 10.5. The molecule has 0 bridgehead atoms. The SMILES string of the molecule is CN(CC=CC#N)[Si](C)(C)C. The van der Waals surface area contributed by atoms with Crippen LogP contribution in [-0.4, -0.2) is 26.4 Å². The van der Waals surface area contributed by atoms with Gasteiger partial charge in [0, 0.05) is 12.6 Å². The summed E-state index contributed by atoms with van der Waals surface area (Å²) in [6.45, 7) is 7.75. The Labute approximate surface area is 70.2 Å². The molecule has 0 aliphatic heterocycles. The molecule has 0 N–H and O–H groups in total. The molecule has 0 unspecified atom stereocenters. The van der Waals surface area contributed by atoms with Gasteiger partial charge in [0.2, 0.25) is 0 Å². The summed E-state index contributed by atoms with van der Waals surface area (Å²) in [5, 5.41) is 8.24. The first-order valence-electron chi connectivity index (χ1n) is 3.74. The molecule has 0 aromatic rings. The molecule has 0 radical (unpaired) electrons. The van der Waals surface area contributed by atoms with E-state index < -0.39 is 8.24 Å². The number of hydrogen-bond acceptors (Lipinski definition) is 2. The maximum Gasteiger partial charge on any atom is 0.119 e. The monoisotopic (exact) mass is 168 g/mol. The summed E-state index contributed by atoms with van der Waals surface area (Å²) in [4.78, 5) is 0. The van der Waals surface area contributed by atoms with Gasteiger partial charge in [0.1, 0.15) is 8.24 Å². The van der Waals surface area contributed by atoms with Gasteiger partial charge in [-0.2, -0.15) is 5.26 Å². The smallest absolute Gasteiger partial charge is 0.119 e. The summed E-state index contributed by atoms with van der Waals surface area (Å²) in [6.07, 6.45) is 3.44. The zero-order chi connectivity index (χ0) is 8.91. The molecule has 0 amide bonds. The van der Waals surface area contributed by atoms with Crippen molar-refractivity contribution in [3.05, 3.63) is 12.2 Å². The number of rotatable bonds is 3. The fraction of sp³-hybridized carbons (Fsp3) is 0.625. The van der Waals surface area contributed by atoms with Gasteiger partial charge >= 0.3 is 0 Å². The van der Waals surface area contributed by atoms with Crippen molar-refractivity contribution >= 4 is 8.24 Å². The molecule has 0 fully saturated rings. The lowest BCUT2D eigenvalue weighted by molar-refractivity contribution is 0.569. The predicted octanol–water partition coefficient (Wildman–Crippen LogP) is 1.83. The van der Waals surface area contributed by atoms with Crippen LogP contribution in [0.1, 0.15) is 0 Å². The van der Waals surface area contributed by atoms with Gasteiger partial charge in [-0.1, -0.05) is 25.7 Å². The van der Waals surface area contributed by atoms with Crippen LogP contribution in [0.5, 0.6) is 0 Å². The van der Waals surface area contributed by atoms with Crippen LogP contribution in [-0.2, 0) is 0 Å². The second-order valence-electron chi connectivity index (χ2n) is 3.58. The standard InChI is InChI=1S/C8H16N2Si/c1-10(11(2,3)4)8-6-5-7-9/h5-6H,8H2,1-4H3. The van der Waals surface area contributed by atoms with Crippen molar-refractivity contribution in [1.29, 1.82) is 5.26 Å². The fourth-order valence-corrected chi connectivity index (χ4v) is 1.19. The van der Waals surface area contributed by atoms with E-state index in [4.69, 9.17) is 5.26 Å². The molecule has 0 aromatic heterocycles. The van der Waals surface area contributed by atoms with Crippen LogP contribution < -0.4 is 0 Å². The van der Waals surface area contributed by atoms with E-state index in [1.54, 1.807) is 0 Å². The number of allylic oxidation sites excluding steroid dienone is 1. The average molecular weight is 168 g/mol. The Morgan fingerprint density at radius 3 is 2.36 bits per heavy atom. The van der Waals surface area contributed by atoms with Crippen LogP contribution in [0, 0.1) is 11.3 Å².